The smallest absolute Gasteiger partial charge is 0.146 e. The van der Waals surface area contributed by atoms with Gasteiger partial charge in [-0.1, -0.05) is 12.1 Å². The number of hydrogen-bond acceptors (Lipinski definition) is 2. The molecule has 0 radical (unpaired) electrons. The number of nitrogens with one attached hydrogen (secondary N) is 1. The molecule has 4 heteroatoms. The van der Waals surface area contributed by atoms with Crippen LogP contribution >= 0.6 is 0 Å². The van der Waals surface area contributed by atoms with E-state index in [1.165, 1.54) is 6.07 Å². The molecule has 0 aliphatic carbocycles. The number of halogens is 1. The van der Waals surface area contributed by atoms with Crippen LogP contribution in [0.25, 0.3) is 0 Å². The first kappa shape index (κ1) is 12.5. The summed E-state index contributed by atoms with van der Waals surface area (Å²) in [5.74, 6) is 0.0186. The highest BCUT2D eigenvalue weighted by molar-refractivity contribution is 5.76. The van der Waals surface area contributed by atoms with Crippen molar-refractivity contribution < 1.29 is 4.39 Å². The van der Waals surface area contributed by atoms with E-state index >= 15 is 0 Å². The van der Waals surface area contributed by atoms with E-state index in [2.05, 4.69) is 0 Å². The van der Waals surface area contributed by atoms with Crippen molar-refractivity contribution in [3.63, 3.8) is 0 Å². The summed E-state index contributed by atoms with van der Waals surface area (Å²) in [7, 11) is 1.87. The highest BCUT2D eigenvalue weighted by Crippen LogP contribution is 2.17. The molecule has 0 aromatic heterocycles. The minimum absolute atomic E-state index is 0.198. The summed E-state index contributed by atoms with van der Waals surface area (Å²) < 4.78 is 13.4. The van der Waals surface area contributed by atoms with Gasteiger partial charge in [0.2, 0.25) is 0 Å². The number of para-hydroxylation sites is 1. The maximum Gasteiger partial charge on any atom is 0.146 e. The molecule has 0 aliphatic rings. The lowest BCUT2D eigenvalue weighted by Gasteiger charge is -2.19. The van der Waals surface area contributed by atoms with Crippen LogP contribution in [0.4, 0.5) is 10.1 Å². The van der Waals surface area contributed by atoms with Gasteiger partial charge in [-0.15, -0.1) is 0 Å². The maximum absolute atomic E-state index is 13.4. The van der Waals surface area contributed by atoms with Gasteiger partial charge in [-0.25, -0.2) is 4.39 Å². The van der Waals surface area contributed by atoms with Crippen molar-refractivity contribution in [2.75, 3.05) is 18.5 Å². The van der Waals surface area contributed by atoms with Gasteiger partial charge in [0.15, 0.2) is 0 Å². The Morgan fingerprint density at radius 1 is 1.38 bits per heavy atom. The summed E-state index contributed by atoms with van der Waals surface area (Å²) >= 11 is 0. The van der Waals surface area contributed by atoms with Gasteiger partial charge in [0.05, 0.1) is 11.5 Å². The second-order valence-electron chi connectivity index (χ2n) is 3.86. The van der Waals surface area contributed by atoms with Crippen molar-refractivity contribution in [1.82, 2.24) is 0 Å². The summed E-state index contributed by atoms with van der Waals surface area (Å²) in [5.41, 5.74) is 5.87. The third-order valence-corrected chi connectivity index (χ3v) is 2.45. The minimum Gasteiger partial charge on any atom is -0.388 e. The van der Waals surface area contributed by atoms with Gasteiger partial charge >= 0.3 is 0 Å². The van der Waals surface area contributed by atoms with Crippen molar-refractivity contribution in [2.24, 2.45) is 5.73 Å². The molecule has 0 bridgehead atoms. The lowest BCUT2D eigenvalue weighted by atomic mass is 10.2. The van der Waals surface area contributed by atoms with Crippen molar-refractivity contribution in [1.29, 1.82) is 5.41 Å². The molecule has 1 aromatic carbocycles. The molecule has 0 atom stereocenters. The fraction of sp³-hybridized carbons (Fsp3) is 0.417. The van der Waals surface area contributed by atoms with Crippen LogP contribution in [0.5, 0.6) is 0 Å². The van der Waals surface area contributed by atoms with Gasteiger partial charge < -0.3 is 10.6 Å². The molecule has 0 fully saturated rings. The Morgan fingerprint density at radius 2 is 2.06 bits per heavy atom. The van der Waals surface area contributed by atoms with Crippen LogP contribution in [0.3, 0.4) is 0 Å². The Labute approximate surface area is 95.6 Å². The topological polar surface area (TPSA) is 53.1 Å². The molecule has 0 amide bonds. The molecule has 88 valence electrons. The molecule has 0 heterocycles. The number of nitrogens with two attached hydrogens (primary N) is 1. The predicted molar refractivity (Wildman–Crippen MR) is 65.4 cm³/mol. The number of benzene rings is 1. The Balaban J connectivity index is 2.38. The molecular weight excluding hydrogens is 205 g/mol. The molecule has 1 aromatic rings. The highest BCUT2D eigenvalue weighted by Gasteiger charge is 2.05. The lowest BCUT2D eigenvalue weighted by molar-refractivity contribution is 0.618. The summed E-state index contributed by atoms with van der Waals surface area (Å²) in [6.45, 7) is 0.772. The lowest BCUT2D eigenvalue weighted by Crippen LogP contribution is -2.20. The van der Waals surface area contributed by atoms with E-state index in [9.17, 15) is 4.39 Å². The predicted octanol–water partition coefficient (Wildman–Crippen LogP) is 2.37. The van der Waals surface area contributed by atoms with E-state index in [0.29, 0.717) is 12.1 Å². The first-order valence-electron chi connectivity index (χ1n) is 5.40. The van der Waals surface area contributed by atoms with Gasteiger partial charge in [-0.05, 0) is 25.0 Å². The first-order valence-corrected chi connectivity index (χ1v) is 5.40. The molecule has 0 saturated carbocycles. The third kappa shape index (κ3) is 3.88. The maximum atomic E-state index is 13.4. The van der Waals surface area contributed by atoms with Gasteiger partial charge in [-0.2, -0.15) is 0 Å². The Bertz CT molecular complexity index is 352. The molecule has 3 N–H and O–H groups in total. The molecular formula is C12H18FN3. The second kappa shape index (κ2) is 6.10. The Hall–Kier alpha value is -1.58. The summed E-state index contributed by atoms with van der Waals surface area (Å²) in [6, 6.07) is 6.73. The molecule has 0 unspecified atom stereocenters. The monoisotopic (exact) mass is 223 g/mol. The zero-order valence-electron chi connectivity index (χ0n) is 9.54. The standard InChI is InChI=1S/C12H18FN3/c1-16(9-5-4-8-12(14)15)11-7-3-2-6-10(11)13/h2-3,6-7H,4-5,8-9H2,1H3,(H3,14,15). The van der Waals surface area contributed by atoms with E-state index in [1.54, 1.807) is 12.1 Å². The van der Waals surface area contributed by atoms with E-state index in [0.717, 1.165) is 19.4 Å². The van der Waals surface area contributed by atoms with Crippen LogP contribution < -0.4 is 10.6 Å². The fourth-order valence-electron chi connectivity index (χ4n) is 1.55. The molecule has 1 rings (SSSR count). The van der Waals surface area contributed by atoms with Crippen molar-refractivity contribution >= 4 is 11.5 Å². The van der Waals surface area contributed by atoms with Crippen molar-refractivity contribution in [3.05, 3.63) is 30.1 Å². The number of hydrogen-bond donors (Lipinski definition) is 2. The van der Waals surface area contributed by atoms with E-state index in [4.69, 9.17) is 11.1 Å². The second-order valence-corrected chi connectivity index (χ2v) is 3.86. The number of rotatable bonds is 6. The van der Waals surface area contributed by atoms with Crippen LogP contribution in [0.15, 0.2) is 24.3 Å². The van der Waals surface area contributed by atoms with Crippen molar-refractivity contribution in [2.45, 2.75) is 19.3 Å². The summed E-state index contributed by atoms with van der Waals surface area (Å²) in [6.07, 6.45) is 2.39. The Morgan fingerprint density at radius 3 is 2.69 bits per heavy atom. The summed E-state index contributed by atoms with van der Waals surface area (Å²) in [5, 5.41) is 7.08. The van der Waals surface area contributed by atoms with Crippen LogP contribution in [0.2, 0.25) is 0 Å². The number of anilines is 1. The largest absolute Gasteiger partial charge is 0.388 e. The normalized spacial score (nSPS) is 10.1. The number of amidine groups is 1. The quantitative estimate of drug-likeness (QED) is 0.442. The molecule has 16 heavy (non-hydrogen) atoms. The molecule has 0 aliphatic heterocycles. The first-order chi connectivity index (χ1) is 7.61. The van der Waals surface area contributed by atoms with Gasteiger partial charge in [0, 0.05) is 20.0 Å². The van der Waals surface area contributed by atoms with Crippen LogP contribution in [-0.2, 0) is 0 Å². The highest BCUT2D eigenvalue weighted by atomic mass is 19.1. The molecule has 3 nitrogen and oxygen atoms in total. The number of unbranched alkanes of at least 4 members (excludes halogenated alkanes) is 1. The third-order valence-electron chi connectivity index (χ3n) is 2.45. The molecule has 0 saturated heterocycles. The van der Waals surface area contributed by atoms with Crippen molar-refractivity contribution in [3.8, 4) is 0 Å². The van der Waals surface area contributed by atoms with Gasteiger partial charge in [0.1, 0.15) is 5.82 Å². The summed E-state index contributed by atoms with van der Waals surface area (Å²) in [4.78, 5) is 1.88. The van der Waals surface area contributed by atoms with E-state index in [1.807, 2.05) is 18.0 Å². The van der Waals surface area contributed by atoms with E-state index in [-0.39, 0.29) is 11.7 Å². The average Bonchev–Trinajstić information content (AvgIpc) is 2.24. The van der Waals surface area contributed by atoms with Gasteiger partial charge in [-0.3, -0.25) is 5.41 Å². The SMILES string of the molecule is CN(CCCCC(=N)N)c1ccccc1F. The van der Waals surface area contributed by atoms with Crippen LogP contribution in [0.1, 0.15) is 19.3 Å². The van der Waals surface area contributed by atoms with Gasteiger partial charge in [0.25, 0.3) is 0 Å². The Kier molecular flexibility index (Phi) is 4.76. The van der Waals surface area contributed by atoms with Crippen LogP contribution in [-0.4, -0.2) is 19.4 Å². The average molecular weight is 223 g/mol. The number of nitrogens with zero attached hydrogens (tertiary/aromatic N) is 1. The zero-order chi connectivity index (χ0) is 12.0. The minimum atomic E-state index is -0.198. The van der Waals surface area contributed by atoms with E-state index < -0.39 is 0 Å². The fourth-order valence-corrected chi connectivity index (χ4v) is 1.55. The van der Waals surface area contributed by atoms with Crippen LogP contribution in [0, 0.1) is 11.2 Å². The molecule has 0 spiro atoms. The zero-order valence-corrected chi connectivity index (χ0v) is 9.54.